The van der Waals surface area contributed by atoms with Gasteiger partial charge in [0.2, 0.25) is 5.91 Å². The summed E-state index contributed by atoms with van der Waals surface area (Å²) in [7, 11) is 1.60. The Bertz CT molecular complexity index is 610. The number of nitrogens with one attached hydrogen (secondary N) is 1. The molecule has 1 N–H and O–H groups in total. The predicted octanol–water partition coefficient (Wildman–Crippen LogP) is 2.83. The summed E-state index contributed by atoms with van der Waals surface area (Å²) in [6.07, 6.45) is 2.19. The average molecular weight is 385 g/mol. The van der Waals surface area contributed by atoms with Crippen LogP contribution in [-0.4, -0.2) is 22.8 Å². The van der Waals surface area contributed by atoms with Crippen LogP contribution in [0.1, 0.15) is 12.1 Å². The molecule has 1 aromatic carbocycles. The highest BCUT2D eigenvalue weighted by molar-refractivity contribution is 14.1. The smallest absolute Gasteiger partial charge is 0.226 e. The fourth-order valence-corrected chi connectivity index (χ4v) is 2.18. The summed E-state index contributed by atoms with van der Waals surface area (Å²) in [6.45, 7) is 2.57. The van der Waals surface area contributed by atoms with E-state index in [2.05, 4.69) is 33.0 Å². The van der Waals surface area contributed by atoms with Gasteiger partial charge in [0.25, 0.3) is 0 Å². The van der Waals surface area contributed by atoms with Crippen molar-refractivity contribution in [1.82, 2.24) is 9.78 Å². The molecule has 1 heterocycles. The fourth-order valence-electron chi connectivity index (χ4n) is 1.78. The lowest BCUT2D eigenvalue weighted by Crippen LogP contribution is -2.15. The van der Waals surface area contributed by atoms with Crippen molar-refractivity contribution in [2.75, 3.05) is 12.4 Å². The van der Waals surface area contributed by atoms with Crippen molar-refractivity contribution in [2.24, 2.45) is 0 Å². The molecule has 0 aliphatic heterocycles. The first-order chi connectivity index (χ1) is 9.60. The molecule has 0 atom stereocenters. The molecule has 2 rings (SSSR count). The van der Waals surface area contributed by atoms with Crippen LogP contribution in [0.2, 0.25) is 0 Å². The lowest BCUT2D eigenvalue weighted by molar-refractivity contribution is -0.116. The molecule has 0 spiro atoms. The molecule has 1 amide bonds. The van der Waals surface area contributed by atoms with Gasteiger partial charge >= 0.3 is 0 Å². The van der Waals surface area contributed by atoms with Crippen LogP contribution in [0.25, 0.3) is 0 Å². The van der Waals surface area contributed by atoms with Crippen LogP contribution in [0, 0.1) is 10.5 Å². The Morgan fingerprint density at radius 2 is 2.30 bits per heavy atom. The minimum absolute atomic E-state index is 0.0387. The Kier molecular flexibility index (Phi) is 4.99. The molecule has 2 aromatic rings. The second kappa shape index (κ2) is 6.74. The van der Waals surface area contributed by atoms with E-state index in [0.717, 1.165) is 20.7 Å². The van der Waals surface area contributed by atoms with Crippen molar-refractivity contribution >= 4 is 34.2 Å². The third-order valence-corrected chi connectivity index (χ3v) is 4.01. The Balaban J connectivity index is 1.90. The van der Waals surface area contributed by atoms with E-state index in [1.807, 2.05) is 29.8 Å². The first-order valence-electron chi connectivity index (χ1n) is 6.22. The minimum Gasteiger partial charge on any atom is -0.497 e. The van der Waals surface area contributed by atoms with E-state index >= 15 is 0 Å². The SMILES string of the molecule is COc1cccc(NC(=O)CCn2ncc(I)c2C)c1. The second-order valence-electron chi connectivity index (χ2n) is 4.33. The number of carbonyl (C=O) groups excluding carboxylic acids is 1. The largest absolute Gasteiger partial charge is 0.497 e. The second-order valence-corrected chi connectivity index (χ2v) is 5.49. The van der Waals surface area contributed by atoms with E-state index in [0.29, 0.717) is 13.0 Å². The first-order valence-corrected chi connectivity index (χ1v) is 7.30. The van der Waals surface area contributed by atoms with Gasteiger partial charge in [-0.3, -0.25) is 9.48 Å². The maximum Gasteiger partial charge on any atom is 0.226 e. The molecule has 6 heteroatoms. The van der Waals surface area contributed by atoms with Crippen LogP contribution in [0.3, 0.4) is 0 Å². The van der Waals surface area contributed by atoms with Gasteiger partial charge in [-0.05, 0) is 41.6 Å². The molecule has 0 saturated heterocycles. The number of aromatic nitrogens is 2. The predicted molar refractivity (Wildman–Crippen MR) is 85.9 cm³/mol. The lowest BCUT2D eigenvalue weighted by atomic mass is 10.3. The summed E-state index contributed by atoms with van der Waals surface area (Å²) >= 11 is 2.23. The van der Waals surface area contributed by atoms with Gasteiger partial charge in [-0.1, -0.05) is 6.07 Å². The molecule has 0 aliphatic rings. The summed E-state index contributed by atoms with van der Waals surface area (Å²) in [6, 6.07) is 7.31. The van der Waals surface area contributed by atoms with Gasteiger partial charge in [0.15, 0.2) is 0 Å². The molecular formula is C14H16IN3O2. The molecule has 0 fully saturated rings. The van der Waals surface area contributed by atoms with Gasteiger partial charge in [0, 0.05) is 23.9 Å². The molecule has 0 unspecified atom stereocenters. The molecule has 0 bridgehead atoms. The number of anilines is 1. The Hall–Kier alpha value is -1.57. The standard InChI is InChI=1S/C14H16IN3O2/c1-10-13(15)9-16-18(10)7-6-14(19)17-11-4-3-5-12(8-11)20-2/h3-5,8-9H,6-7H2,1-2H3,(H,17,19). The topological polar surface area (TPSA) is 56.1 Å². The van der Waals surface area contributed by atoms with Crippen LogP contribution in [0.4, 0.5) is 5.69 Å². The number of amides is 1. The van der Waals surface area contributed by atoms with Gasteiger partial charge in [0.05, 0.1) is 23.4 Å². The summed E-state index contributed by atoms with van der Waals surface area (Å²) in [5.74, 6) is 0.684. The van der Waals surface area contributed by atoms with Crippen molar-refractivity contribution < 1.29 is 9.53 Å². The zero-order valence-corrected chi connectivity index (χ0v) is 13.5. The number of methoxy groups -OCH3 is 1. The minimum atomic E-state index is -0.0387. The van der Waals surface area contributed by atoms with E-state index in [1.165, 1.54) is 0 Å². The van der Waals surface area contributed by atoms with E-state index in [9.17, 15) is 4.79 Å². The summed E-state index contributed by atoms with van der Waals surface area (Å²) < 4.78 is 8.07. The van der Waals surface area contributed by atoms with Gasteiger partial charge in [-0.25, -0.2) is 0 Å². The number of aryl methyl sites for hydroxylation is 1. The number of carbonyl (C=O) groups is 1. The molecule has 20 heavy (non-hydrogen) atoms. The van der Waals surface area contributed by atoms with Crippen LogP contribution in [0.5, 0.6) is 5.75 Å². The summed E-state index contributed by atoms with van der Waals surface area (Å²) in [5, 5.41) is 7.08. The highest BCUT2D eigenvalue weighted by atomic mass is 127. The van der Waals surface area contributed by atoms with Crippen molar-refractivity contribution in [3.8, 4) is 5.75 Å². The lowest BCUT2D eigenvalue weighted by Gasteiger charge is -2.08. The van der Waals surface area contributed by atoms with E-state index < -0.39 is 0 Å². The number of halogens is 1. The zero-order valence-electron chi connectivity index (χ0n) is 11.4. The Morgan fingerprint density at radius 1 is 1.50 bits per heavy atom. The molecule has 1 aromatic heterocycles. The maximum atomic E-state index is 11.9. The highest BCUT2D eigenvalue weighted by Crippen LogP contribution is 2.17. The number of hydrogen-bond donors (Lipinski definition) is 1. The van der Waals surface area contributed by atoms with Crippen molar-refractivity contribution in [3.63, 3.8) is 0 Å². The first kappa shape index (κ1) is 14.8. The summed E-state index contributed by atoms with van der Waals surface area (Å²) in [5.41, 5.74) is 1.82. The molecule has 106 valence electrons. The van der Waals surface area contributed by atoms with Crippen LogP contribution >= 0.6 is 22.6 Å². The number of hydrogen-bond acceptors (Lipinski definition) is 3. The molecule has 0 radical (unpaired) electrons. The van der Waals surface area contributed by atoms with E-state index in [-0.39, 0.29) is 5.91 Å². The van der Waals surface area contributed by atoms with Crippen molar-refractivity contribution in [3.05, 3.63) is 39.7 Å². The quantitative estimate of drug-likeness (QED) is 0.806. The summed E-state index contributed by atoms with van der Waals surface area (Å²) in [4.78, 5) is 11.9. The number of benzene rings is 1. The molecule has 0 aliphatic carbocycles. The molecule has 0 saturated carbocycles. The van der Waals surface area contributed by atoms with Crippen LogP contribution < -0.4 is 10.1 Å². The highest BCUT2D eigenvalue weighted by Gasteiger charge is 2.07. The van der Waals surface area contributed by atoms with Gasteiger partial charge < -0.3 is 10.1 Å². The third kappa shape index (κ3) is 3.72. The van der Waals surface area contributed by atoms with Crippen LogP contribution in [0.15, 0.2) is 30.5 Å². The normalized spacial score (nSPS) is 10.3. The van der Waals surface area contributed by atoms with E-state index in [1.54, 1.807) is 19.4 Å². The Morgan fingerprint density at radius 3 is 2.95 bits per heavy atom. The van der Waals surface area contributed by atoms with E-state index in [4.69, 9.17) is 4.74 Å². The van der Waals surface area contributed by atoms with Gasteiger partial charge in [-0.15, -0.1) is 0 Å². The Labute approximate surface area is 131 Å². The van der Waals surface area contributed by atoms with Gasteiger partial charge in [-0.2, -0.15) is 5.10 Å². The van der Waals surface area contributed by atoms with Crippen molar-refractivity contribution in [1.29, 1.82) is 0 Å². The molecule has 5 nitrogen and oxygen atoms in total. The zero-order chi connectivity index (χ0) is 14.5. The number of rotatable bonds is 5. The fraction of sp³-hybridized carbons (Fsp3) is 0.286. The maximum absolute atomic E-state index is 11.9. The van der Waals surface area contributed by atoms with Crippen molar-refractivity contribution in [2.45, 2.75) is 19.9 Å². The third-order valence-electron chi connectivity index (χ3n) is 2.95. The average Bonchev–Trinajstić information content (AvgIpc) is 2.77. The van der Waals surface area contributed by atoms with Crippen LogP contribution in [-0.2, 0) is 11.3 Å². The molecular weight excluding hydrogens is 369 g/mol. The number of ether oxygens (including phenoxy) is 1. The van der Waals surface area contributed by atoms with Gasteiger partial charge in [0.1, 0.15) is 5.75 Å². The number of nitrogens with zero attached hydrogens (tertiary/aromatic N) is 2. The monoisotopic (exact) mass is 385 g/mol.